The molecule has 8 aromatic rings. The average molecular weight is 515 g/mol. The summed E-state index contributed by atoms with van der Waals surface area (Å²) in [6.07, 6.45) is 3.54. The zero-order valence-corrected chi connectivity index (χ0v) is 21.8. The zero-order valence-electron chi connectivity index (χ0n) is 21.0. The average Bonchev–Trinajstić information content (AvgIpc) is 3.40. The van der Waals surface area contributed by atoms with E-state index >= 15 is 0 Å². The van der Waals surface area contributed by atoms with Crippen LogP contribution in [-0.4, -0.2) is 9.97 Å². The first kappa shape index (κ1) is 22.2. The highest BCUT2D eigenvalue weighted by molar-refractivity contribution is 7.26. The Balaban J connectivity index is 1.42. The minimum Gasteiger partial charge on any atom is -0.253 e. The van der Waals surface area contributed by atoms with Crippen molar-refractivity contribution in [2.24, 2.45) is 0 Å². The van der Waals surface area contributed by atoms with E-state index in [4.69, 9.17) is 4.98 Å². The number of nitrogens with zero attached hydrogens (tertiary/aromatic N) is 2. The summed E-state index contributed by atoms with van der Waals surface area (Å²) in [6, 6.07) is 43.6. The number of fused-ring (bicyclic) bond motifs is 6. The highest BCUT2D eigenvalue weighted by Crippen LogP contribution is 2.46. The third kappa shape index (κ3) is 3.48. The minimum atomic E-state index is 0.912. The smallest absolute Gasteiger partial charge is 0.0971 e. The van der Waals surface area contributed by atoms with E-state index in [1.807, 2.05) is 11.3 Å². The van der Waals surface area contributed by atoms with Crippen LogP contribution >= 0.6 is 11.3 Å². The van der Waals surface area contributed by atoms with Crippen LogP contribution in [0.25, 0.3) is 75.4 Å². The van der Waals surface area contributed by atoms with Crippen LogP contribution < -0.4 is 0 Å². The van der Waals surface area contributed by atoms with E-state index in [0.717, 1.165) is 16.4 Å². The highest BCUT2D eigenvalue weighted by atomic mass is 32.1. The van der Waals surface area contributed by atoms with Crippen molar-refractivity contribution in [2.75, 3.05) is 0 Å². The van der Waals surface area contributed by atoms with E-state index in [2.05, 4.69) is 126 Å². The molecule has 0 aliphatic carbocycles. The fraction of sp³-hybridized carbons (Fsp3) is 0. The molecule has 39 heavy (non-hydrogen) atoms. The van der Waals surface area contributed by atoms with Gasteiger partial charge in [0.05, 0.1) is 11.0 Å². The summed E-state index contributed by atoms with van der Waals surface area (Å²) < 4.78 is 2.64. The Kier molecular flexibility index (Phi) is 5.04. The van der Waals surface area contributed by atoms with E-state index < -0.39 is 0 Å². The van der Waals surface area contributed by atoms with Crippen molar-refractivity contribution in [2.45, 2.75) is 0 Å². The maximum atomic E-state index is 4.75. The van der Waals surface area contributed by atoms with Crippen LogP contribution in [0, 0.1) is 0 Å². The van der Waals surface area contributed by atoms with E-state index in [0.29, 0.717) is 0 Å². The van der Waals surface area contributed by atoms with Crippen LogP contribution in [0.3, 0.4) is 0 Å². The van der Waals surface area contributed by atoms with Crippen LogP contribution in [0.15, 0.2) is 134 Å². The van der Waals surface area contributed by atoms with Crippen molar-refractivity contribution in [3.63, 3.8) is 0 Å². The Morgan fingerprint density at radius 2 is 1.05 bits per heavy atom. The van der Waals surface area contributed by atoms with Gasteiger partial charge in [-0.05, 0) is 39.3 Å². The largest absolute Gasteiger partial charge is 0.253 e. The SMILES string of the molecule is c1ccc(-c2cccc3c2sc2c(-c4ccccc4-c4cccc5ccc6nccnc6c45)cccc23)cc1. The van der Waals surface area contributed by atoms with E-state index in [1.54, 1.807) is 12.4 Å². The number of hydrogen-bond donors (Lipinski definition) is 0. The Morgan fingerprint density at radius 3 is 1.87 bits per heavy atom. The molecule has 2 nitrogen and oxygen atoms in total. The predicted molar refractivity (Wildman–Crippen MR) is 166 cm³/mol. The first-order valence-electron chi connectivity index (χ1n) is 13.1. The van der Waals surface area contributed by atoms with Crippen molar-refractivity contribution in [1.82, 2.24) is 9.97 Å². The van der Waals surface area contributed by atoms with Gasteiger partial charge in [0.1, 0.15) is 0 Å². The molecule has 182 valence electrons. The molecular weight excluding hydrogens is 492 g/mol. The lowest BCUT2D eigenvalue weighted by atomic mass is 9.90. The standard InChI is InChI=1S/C36H22N2S/c1-2-9-23(10-3-1)25-14-7-17-30-31-18-8-16-29(36(31)39-35(25)30)27-13-5-4-12-26(27)28-15-6-11-24-19-20-32-34(33(24)28)38-22-21-37-32/h1-22H. The Bertz CT molecular complexity index is 2180. The maximum Gasteiger partial charge on any atom is 0.0971 e. The molecule has 0 bridgehead atoms. The summed E-state index contributed by atoms with van der Waals surface area (Å²) in [6.45, 7) is 0. The second-order valence-corrected chi connectivity index (χ2v) is 10.8. The second kappa shape index (κ2) is 8.87. The van der Waals surface area contributed by atoms with Crippen LogP contribution in [0.1, 0.15) is 0 Å². The van der Waals surface area contributed by atoms with Gasteiger partial charge in [0.15, 0.2) is 0 Å². The van der Waals surface area contributed by atoms with Crippen LogP contribution in [0.4, 0.5) is 0 Å². The van der Waals surface area contributed by atoms with Gasteiger partial charge >= 0.3 is 0 Å². The fourth-order valence-electron chi connectivity index (χ4n) is 5.86. The quantitative estimate of drug-likeness (QED) is 0.219. The first-order valence-corrected chi connectivity index (χ1v) is 13.9. The van der Waals surface area contributed by atoms with Crippen molar-refractivity contribution < 1.29 is 0 Å². The first-order chi connectivity index (χ1) is 19.4. The lowest BCUT2D eigenvalue weighted by molar-refractivity contribution is 1.30. The van der Waals surface area contributed by atoms with Gasteiger partial charge in [-0.25, -0.2) is 0 Å². The maximum absolute atomic E-state index is 4.75. The molecule has 2 aromatic heterocycles. The fourth-order valence-corrected chi connectivity index (χ4v) is 7.22. The van der Waals surface area contributed by atoms with Crippen molar-refractivity contribution >= 4 is 53.3 Å². The summed E-state index contributed by atoms with van der Waals surface area (Å²) in [5, 5.41) is 4.92. The molecule has 3 heteroatoms. The summed E-state index contributed by atoms with van der Waals surface area (Å²) in [5.74, 6) is 0. The topological polar surface area (TPSA) is 25.8 Å². The molecule has 0 spiro atoms. The number of rotatable bonds is 3. The molecule has 8 rings (SSSR count). The molecule has 2 heterocycles. The highest BCUT2D eigenvalue weighted by Gasteiger charge is 2.17. The number of hydrogen-bond acceptors (Lipinski definition) is 3. The molecule has 0 fully saturated rings. The van der Waals surface area contributed by atoms with Crippen molar-refractivity contribution in [3.8, 4) is 33.4 Å². The Labute approximate surface area is 229 Å². The van der Waals surface area contributed by atoms with E-state index in [1.165, 1.54) is 58.9 Å². The number of aromatic nitrogens is 2. The summed E-state index contributed by atoms with van der Waals surface area (Å²) in [7, 11) is 0. The van der Waals surface area contributed by atoms with Crippen LogP contribution in [-0.2, 0) is 0 Å². The summed E-state index contributed by atoms with van der Waals surface area (Å²) >= 11 is 1.89. The molecule has 0 amide bonds. The third-order valence-corrected chi connectivity index (χ3v) is 8.89. The van der Waals surface area contributed by atoms with Crippen molar-refractivity contribution in [3.05, 3.63) is 134 Å². The lowest BCUT2D eigenvalue weighted by Crippen LogP contribution is -1.90. The molecule has 0 radical (unpaired) electrons. The third-order valence-electron chi connectivity index (χ3n) is 7.60. The van der Waals surface area contributed by atoms with Gasteiger partial charge in [-0.15, -0.1) is 11.3 Å². The second-order valence-electron chi connectivity index (χ2n) is 9.77. The molecule has 0 atom stereocenters. The number of benzene rings is 6. The van der Waals surface area contributed by atoms with E-state index in [-0.39, 0.29) is 0 Å². The van der Waals surface area contributed by atoms with Crippen LogP contribution in [0.2, 0.25) is 0 Å². The molecular formula is C36H22N2S. The van der Waals surface area contributed by atoms with E-state index in [9.17, 15) is 0 Å². The predicted octanol–water partition coefficient (Wildman–Crippen LogP) is 10.2. The number of thiophene rings is 1. The molecule has 0 saturated carbocycles. The van der Waals surface area contributed by atoms with Gasteiger partial charge in [0, 0.05) is 43.5 Å². The monoisotopic (exact) mass is 514 g/mol. The summed E-state index contributed by atoms with van der Waals surface area (Å²) in [5.41, 5.74) is 9.25. The Morgan fingerprint density at radius 1 is 0.436 bits per heavy atom. The molecule has 0 aliphatic rings. The molecule has 0 unspecified atom stereocenters. The normalized spacial score (nSPS) is 11.6. The lowest BCUT2D eigenvalue weighted by Gasteiger charge is -2.14. The van der Waals surface area contributed by atoms with Crippen molar-refractivity contribution in [1.29, 1.82) is 0 Å². The molecule has 6 aromatic carbocycles. The van der Waals surface area contributed by atoms with Gasteiger partial charge in [-0.3, -0.25) is 9.97 Å². The molecule has 0 saturated heterocycles. The van der Waals surface area contributed by atoms with Gasteiger partial charge in [0.2, 0.25) is 0 Å². The zero-order chi connectivity index (χ0) is 25.8. The van der Waals surface area contributed by atoms with Gasteiger partial charge in [-0.1, -0.05) is 115 Å². The van der Waals surface area contributed by atoms with Gasteiger partial charge < -0.3 is 0 Å². The minimum absolute atomic E-state index is 0.912. The molecule has 0 aliphatic heterocycles. The van der Waals surface area contributed by atoms with Crippen LogP contribution in [0.5, 0.6) is 0 Å². The Hall–Kier alpha value is -4.86. The van der Waals surface area contributed by atoms with Gasteiger partial charge in [0.25, 0.3) is 0 Å². The van der Waals surface area contributed by atoms with Gasteiger partial charge in [-0.2, -0.15) is 0 Å². The summed E-state index contributed by atoms with van der Waals surface area (Å²) in [4.78, 5) is 9.34. The molecule has 0 N–H and O–H groups in total.